The van der Waals surface area contributed by atoms with Gasteiger partial charge in [0, 0.05) is 10.9 Å². The van der Waals surface area contributed by atoms with Gasteiger partial charge in [0.2, 0.25) is 0 Å². The summed E-state index contributed by atoms with van der Waals surface area (Å²) < 4.78 is 6.30. The lowest BCUT2D eigenvalue weighted by atomic mass is 10.1. The lowest BCUT2D eigenvalue weighted by molar-refractivity contribution is 0.416. The SMILES string of the molecule is COc1cc(C#N)ccc1-c1nnc(Cl)c2ccsc12. The van der Waals surface area contributed by atoms with E-state index in [4.69, 9.17) is 21.6 Å². The number of rotatable bonds is 2. The van der Waals surface area contributed by atoms with Crippen LogP contribution < -0.4 is 4.74 Å². The summed E-state index contributed by atoms with van der Waals surface area (Å²) in [6.45, 7) is 0. The Morgan fingerprint density at radius 1 is 1.30 bits per heavy atom. The zero-order valence-electron chi connectivity index (χ0n) is 10.4. The maximum absolute atomic E-state index is 8.95. The van der Waals surface area contributed by atoms with Gasteiger partial charge in [-0.25, -0.2) is 0 Å². The summed E-state index contributed by atoms with van der Waals surface area (Å²) in [7, 11) is 1.56. The number of methoxy groups -OCH3 is 1. The first-order valence-electron chi connectivity index (χ1n) is 5.72. The van der Waals surface area contributed by atoms with Crippen molar-refractivity contribution in [2.45, 2.75) is 0 Å². The molecule has 3 aromatic rings. The van der Waals surface area contributed by atoms with Crippen molar-refractivity contribution in [2.24, 2.45) is 0 Å². The zero-order chi connectivity index (χ0) is 14.1. The maximum atomic E-state index is 8.95. The summed E-state index contributed by atoms with van der Waals surface area (Å²) in [6, 6.07) is 9.23. The quantitative estimate of drug-likeness (QED) is 0.720. The van der Waals surface area contributed by atoms with E-state index >= 15 is 0 Å². The molecule has 0 aliphatic rings. The third-order valence-corrected chi connectivity index (χ3v) is 4.13. The van der Waals surface area contributed by atoms with Gasteiger partial charge >= 0.3 is 0 Å². The number of hydrogen-bond donors (Lipinski definition) is 0. The van der Waals surface area contributed by atoms with Gasteiger partial charge in [-0.2, -0.15) is 5.26 Å². The molecule has 2 aromatic heterocycles. The number of halogens is 1. The normalized spacial score (nSPS) is 10.4. The van der Waals surface area contributed by atoms with Gasteiger partial charge in [0.15, 0.2) is 5.15 Å². The molecule has 0 saturated carbocycles. The number of fused-ring (bicyclic) bond motifs is 1. The van der Waals surface area contributed by atoms with E-state index in [9.17, 15) is 0 Å². The van der Waals surface area contributed by atoms with Crippen LogP contribution in [0.2, 0.25) is 5.15 Å². The molecule has 1 aromatic carbocycles. The van der Waals surface area contributed by atoms with Gasteiger partial charge in [0.25, 0.3) is 0 Å². The number of hydrogen-bond acceptors (Lipinski definition) is 5. The number of aromatic nitrogens is 2. The second kappa shape index (κ2) is 5.08. The topological polar surface area (TPSA) is 58.8 Å². The minimum Gasteiger partial charge on any atom is -0.496 e. The van der Waals surface area contributed by atoms with Crippen LogP contribution in [0.1, 0.15) is 5.56 Å². The molecule has 0 aliphatic heterocycles. The van der Waals surface area contributed by atoms with E-state index < -0.39 is 0 Å². The smallest absolute Gasteiger partial charge is 0.160 e. The third kappa shape index (κ3) is 1.99. The lowest BCUT2D eigenvalue weighted by Gasteiger charge is -2.08. The molecule has 0 radical (unpaired) electrons. The number of benzene rings is 1. The minimum atomic E-state index is 0.387. The van der Waals surface area contributed by atoms with Crippen molar-refractivity contribution in [3.8, 4) is 23.1 Å². The van der Waals surface area contributed by atoms with Crippen molar-refractivity contribution in [1.82, 2.24) is 10.2 Å². The molecule has 0 bridgehead atoms. The van der Waals surface area contributed by atoms with Crippen LogP contribution in [0.4, 0.5) is 0 Å². The summed E-state index contributed by atoms with van der Waals surface area (Å²) in [5.41, 5.74) is 2.04. The minimum absolute atomic E-state index is 0.387. The first-order valence-corrected chi connectivity index (χ1v) is 6.98. The second-order valence-electron chi connectivity index (χ2n) is 4.03. The average Bonchev–Trinajstić information content (AvgIpc) is 2.97. The van der Waals surface area contributed by atoms with E-state index in [2.05, 4.69) is 16.3 Å². The molecule has 2 heterocycles. The maximum Gasteiger partial charge on any atom is 0.160 e. The standard InChI is InChI=1S/C14H8ClN3OS/c1-19-11-6-8(7-16)2-3-9(11)12-13-10(4-5-20-13)14(15)18-17-12/h2-6H,1H3. The van der Waals surface area contributed by atoms with Crippen molar-refractivity contribution in [2.75, 3.05) is 7.11 Å². The predicted molar refractivity (Wildman–Crippen MR) is 79.1 cm³/mol. The largest absolute Gasteiger partial charge is 0.496 e. The first-order chi connectivity index (χ1) is 9.74. The number of ether oxygens (including phenoxy) is 1. The molecule has 0 saturated heterocycles. The molecular formula is C14H8ClN3OS. The molecule has 4 nitrogen and oxygen atoms in total. The highest BCUT2D eigenvalue weighted by Gasteiger charge is 2.15. The Morgan fingerprint density at radius 2 is 2.15 bits per heavy atom. The second-order valence-corrected chi connectivity index (χ2v) is 5.30. The van der Waals surface area contributed by atoms with Crippen LogP contribution in [0, 0.1) is 11.3 Å². The van der Waals surface area contributed by atoms with Crippen LogP contribution in [-0.4, -0.2) is 17.3 Å². The summed E-state index contributed by atoms with van der Waals surface area (Å²) in [6.07, 6.45) is 0. The highest BCUT2D eigenvalue weighted by atomic mass is 35.5. The number of nitrogens with zero attached hydrogens (tertiary/aromatic N) is 3. The first kappa shape index (κ1) is 12.9. The Bertz CT molecular complexity index is 838. The highest BCUT2D eigenvalue weighted by molar-refractivity contribution is 7.17. The molecule has 0 unspecified atom stereocenters. The average molecular weight is 302 g/mol. The zero-order valence-corrected chi connectivity index (χ0v) is 12.0. The van der Waals surface area contributed by atoms with E-state index in [-0.39, 0.29) is 0 Å². The van der Waals surface area contributed by atoms with Gasteiger partial charge < -0.3 is 4.74 Å². The van der Waals surface area contributed by atoms with Gasteiger partial charge in [-0.15, -0.1) is 21.5 Å². The van der Waals surface area contributed by atoms with Gasteiger partial charge in [-0.05, 0) is 29.6 Å². The van der Waals surface area contributed by atoms with E-state index in [1.165, 1.54) is 0 Å². The van der Waals surface area contributed by atoms with Crippen molar-refractivity contribution in [3.05, 3.63) is 40.4 Å². The van der Waals surface area contributed by atoms with Crippen LogP contribution in [0.3, 0.4) is 0 Å². The van der Waals surface area contributed by atoms with Gasteiger partial charge in [-0.1, -0.05) is 11.6 Å². The fourth-order valence-electron chi connectivity index (χ4n) is 1.98. The predicted octanol–water partition coefficient (Wildman–Crippen LogP) is 3.89. The molecule has 3 rings (SSSR count). The molecule has 98 valence electrons. The number of nitriles is 1. The molecule has 0 atom stereocenters. The Hall–Kier alpha value is -2.16. The molecule has 6 heteroatoms. The van der Waals surface area contributed by atoms with Crippen LogP contribution in [0.15, 0.2) is 29.6 Å². The van der Waals surface area contributed by atoms with Crippen molar-refractivity contribution in [1.29, 1.82) is 5.26 Å². The molecule has 0 fully saturated rings. The van der Waals surface area contributed by atoms with E-state index in [1.54, 1.807) is 30.6 Å². The van der Waals surface area contributed by atoms with E-state index in [1.807, 2.05) is 17.5 Å². The molecule has 0 N–H and O–H groups in total. The summed E-state index contributed by atoms with van der Waals surface area (Å²) in [5, 5.41) is 20.3. The van der Waals surface area contributed by atoms with Crippen molar-refractivity contribution < 1.29 is 4.74 Å². The summed E-state index contributed by atoms with van der Waals surface area (Å²) in [5.74, 6) is 0.593. The number of thiophene rings is 1. The van der Waals surface area contributed by atoms with E-state index in [0.717, 1.165) is 15.6 Å². The third-order valence-electron chi connectivity index (χ3n) is 2.93. The fraction of sp³-hybridized carbons (Fsp3) is 0.0714. The lowest BCUT2D eigenvalue weighted by Crippen LogP contribution is -1.93. The molecule has 0 amide bonds. The van der Waals surface area contributed by atoms with Gasteiger partial charge in [-0.3, -0.25) is 0 Å². The Morgan fingerprint density at radius 3 is 2.90 bits per heavy atom. The highest BCUT2D eigenvalue weighted by Crippen LogP contribution is 2.37. The van der Waals surface area contributed by atoms with E-state index in [0.29, 0.717) is 22.2 Å². The van der Waals surface area contributed by atoms with Crippen LogP contribution >= 0.6 is 22.9 Å². The Kier molecular flexibility index (Phi) is 3.26. The molecule has 0 spiro atoms. The molecule has 0 aliphatic carbocycles. The molecule has 20 heavy (non-hydrogen) atoms. The molecular weight excluding hydrogens is 294 g/mol. The van der Waals surface area contributed by atoms with Crippen LogP contribution in [0.5, 0.6) is 5.75 Å². The fourth-order valence-corrected chi connectivity index (χ4v) is 3.13. The van der Waals surface area contributed by atoms with Gasteiger partial charge in [0.1, 0.15) is 11.4 Å². The van der Waals surface area contributed by atoms with Crippen LogP contribution in [0.25, 0.3) is 21.3 Å². The Balaban J connectivity index is 2.29. The van der Waals surface area contributed by atoms with Crippen molar-refractivity contribution >= 4 is 33.0 Å². The Labute approximate surface area is 124 Å². The van der Waals surface area contributed by atoms with Gasteiger partial charge in [0.05, 0.1) is 23.4 Å². The summed E-state index contributed by atoms with van der Waals surface area (Å²) in [4.78, 5) is 0. The van der Waals surface area contributed by atoms with Crippen molar-refractivity contribution in [3.63, 3.8) is 0 Å². The van der Waals surface area contributed by atoms with Crippen LogP contribution in [-0.2, 0) is 0 Å². The monoisotopic (exact) mass is 301 g/mol. The summed E-state index contributed by atoms with van der Waals surface area (Å²) >= 11 is 7.58.